The van der Waals surface area contributed by atoms with Gasteiger partial charge in [0.05, 0.1) is 12.2 Å². The highest BCUT2D eigenvalue weighted by Gasteiger charge is 2.30. The standard InChI is InChI=1S/C10H21NO4/c1-3-14-10(15-4-2)7-11-5-8(12)9(13)6-11/h8-10,12-13H,3-7H2,1-2H3. The summed E-state index contributed by atoms with van der Waals surface area (Å²) < 4.78 is 10.8. The smallest absolute Gasteiger partial charge is 0.170 e. The minimum atomic E-state index is -0.645. The number of aliphatic hydroxyl groups is 2. The van der Waals surface area contributed by atoms with Crippen LogP contribution in [0.4, 0.5) is 0 Å². The van der Waals surface area contributed by atoms with Gasteiger partial charge in [-0.3, -0.25) is 4.90 Å². The van der Waals surface area contributed by atoms with Crippen molar-refractivity contribution in [3.05, 3.63) is 0 Å². The molecule has 1 fully saturated rings. The van der Waals surface area contributed by atoms with E-state index in [1.807, 2.05) is 18.7 Å². The molecule has 1 heterocycles. The van der Waals surface area contributed by atoms with Gasteiger partial charge in [0.2, 0.25) is 0 Å². The van der Waals surface area contributed by atoms with Crippen LogP contribution in [0.25, 0.3) is 0 Å². The summed E-state index contributed by atoms with van der Waals surface area (Å²) in [6.45, 7) is 6.60. The van der Waals surface area contributed by atoms with E-state index in [0.717, 1.165) is 0 Å². The third kappa shape index (κ3) is 4.04. The van der Waals surface area contributed by atoms with Crippen molar-refractivity contribution in [2.45, 2.75) is 32.3 Å². The summed E-state index contributed by atoms with van der Waals surface area (Å²) in [5, 5.41) is 18.7. The lowest BCUT2D eigenvalue weighted by molar-refractivity contribution is -0.146. The number of hydrogen-bond acceptors (Lipinski definition) is 5. The molecule has 0 saturated carbocycles. The zero-order valence-electron chi connectivity index (χ0n) is 9.43. The third-order valence-corrected chi connectivity index (χ3v) is 2.45. The maximum atomic E-state index is 9.37. The lowest BCUT2D eigenvalue weighted by atomic mass is 10.3. The largest absolute Gasteiger partial charge is 0.389 e. The fourth-order valence-electron chi connectivity index (χ4n) is 1.73. The van der Waals surface area contributed by atoms with Crippen LogP contribution in [0.2, 0.25) is 0 Å². The lowest BCUT2D eigenvalue weighted by Crippen LogP contribution is -2.35. The Morgan fingerprint density at radius 2 is 1.60 bits per heavy atom. The van der Waals surface area contributed by atoms with E-state index in [9.17, 15) is 10.2 Å². The summed E-state index contributed by atoms with van der Waals surface area (Å²) in [4.78, 5) is 1.95. The van der Waals surface area contributed by atoms with Crippen LogP contribution in [0, 0.1) is 0 Å². The average Bonchev–Trinajstić information content (AvgIpc) is 2.47. The topological polar surface area (TPSA) is 62.2 Å². The Morgan fingerprint density at radius 3 is 2.00 bits per heavy atom. The molecule has 1 saturated heterocycles. The van der Waals surface area contributed by atoms with Crippen LogP contribution in [-0.2, 0) is 9.47 Å². The van der Waals surface area contributed by atoms with E-state index in [0.29, 0.717) is 32.8 Å². The number of aliphatic hydroxyl groups excluding tert-OH is 2. The second-order valence-electron chi connectivity index (χ2n) is 3.69. The van der Waals surface area contributed by atoms with E-state index in [-0.39, 0.29) is 6.29 Å². The average molecular weight is 219 g/mol. The van der Waals surface area contributed by atoms with Crippen LogP contribution in [0.5, 0.6) is 0 Å². The monoisotopic (exact) mass is 219 g/mol. The first-order valence-corrected chi connectivity index (χ1v) is 5.49. The molecule has 5 nitrogen and oxygen atoms in total. The van der Waals surface area contributed by atoms with Gasteiger partial charge in [-0.05, 0) is 13.8 Å². The summed E-state index contributed by atoms with van der Waals surface area (Å²) in [7, 11) is 0. The summed E-state index contributed by atoms with van der Waals surface area (Å²) in [5.74, 6) is 0. The molecule has 1 aliphatic rings. The molecule has 2 N–H and O–H groups in total. The zero-order valence-corrected chi connectivity index (χ0v) is 9.43. The Bertz CT molecular complexity index is 163. The molecule has 0 aromatic heterocycles. The molecule has 2 unspecified atom stereocenters. The van der Waals surface area contributed by atoms with E-state index in [4.69, 9.17) is 9.47 Å². The van der Waals surface area contributed by atoms with Gasteiger partial charge in [-0.1, -0.05) is 0 Å². The molecule has 1 rings (SSSR count). The van der Waals surface area contributed by atoms with Crippen molar-refractivity contribution in [2.24, 2.45) is 0 Å². The number of β-amino-alcohol motifs (C(OH)–C–C–N with tert-alkyl or cyclic N) is 2. The highest BCUT2D eigenvalue weighted by atomic mass is 16.7. The van der Waals surface area contributed by atoms with Crippen molar-refractivity contribution in [1.29, 1.82) is 0 Å². The molecule has 15 heavy (non-hydrogen) atoms. The van der Waals surface area contributed by atoms with Crippen molar-refractivity contribution < 1.29 is 19.7 Å². The Kier molecular flexibility index (Phi) is 5.49. The lowest BCUT2D eigenvalue weighted by Gasteiger charge is -2.22. The van der Waals surface area contributed by atoms with Crippen LogP contribution < -0.4 is 0 Å². The quantitative estimate of drug-likeness (QED) is 0.585. The van der Waals surface area contributed by atoms with Crippen molar-refractivity contribution in [1.82, 2.24) is 4.90 Å². The van der Waals surface area contributed by atoms with Crippen molar-refractivity contribution in [2.75, 3.05) is 32.8 Å². The first-order valence-electron chi connectivity index (χ1n) is 5.49. The minimum absolute atomic E-state index is 0.266. The van der Waals surface area contributed by atoms with Crippen molar-refractivity contribution >= 4 is 0 Å². The molecular weight excluding hydrogens is 198 g/mol. The molecule has 1 aliphatic heterocycles. The van der Waals surface area contributed by atoms with E-state index < -0.39 is 12.2 Å². The Morgan fingerprint density at radius 1 is 1.13 bits per heavy atom. The van der Waals surface area contributed by atoms with Crippen LogP contribution in [0.1, 0.15) is 13.8 Å². The Balaban J connectivity index is 2.31. The second kappa shape index (κ2) is 6.40. The van der Waals surface area contributed by atoms with Gasteiger partial charge < -0.3 is 19.7 Å². The number of likely N-dealkylation sites (tertiary alicyclic amines) is 1. The summed E-state index contributed by atoms with van der Waals surface area (Å²) in [6, 6.07) is 0. The Hall–Kier alpha value is -0.200. The highest BCUT2D eigenvalue weighted by Crippen LogP contribution is 2.11. The van der Waals surface area contributed by atoms with Gasteiger partial charge in [0.15, 0.2) is 6.29 Å². The van der Waals surface area contributed by atoms with Crippen LogP contribution in [0.15, 0.2) is 0 Å². The van der Waals surface area contributed by atoms with E-state index in [2.05, 4.69) is 0 Å². The molecule has 0 bridgehead atoms. The fraction of sp³-hybridized carbons (Fsp3) is 1.00. The summed E-state index contributed by atoms with van der Waals surface area (Å²) in [5.41, 5.74) is 0. The molecule has 0 aromatic carbocycles. The SMILES string of the molecule is CCOC(CN1CC(O)C(O)C1)OCC. The van der Waals surface area contributed by atoms with Crippen molar-refractivity contribution in [3.63, 3.8) is 0 Å². The van der Waals surface area contributed by atoms with Gasteiger partial charge in [0.25, 0.3) is 0 Å². The first-order chi connectivity index (χ1) is 7.17. The van der Waals surface area contributed by atoms with Gasteiger partial charge in [-0.2, -0.15) is 0 Å². The normalized spacial score (nSPS) is 27.8. The molecule has 5 heteroatoms. The molecular formula is C10H21NO4. The fourth-order valence-corrected chi connectivity index (χ4v) is 1.73. The number of nitrogens with zero attached hydrogens (tertiary/aromatic N) is 1. The van der Waals surface area contributed by atoms with Gasteiger partial charge in [-0.15, -0.1) is 0 Å². The number of rotatable bonds is 6. The van der Waals surface area contributed by atoms with E-state index in [1.54, 1.807) is 0 Å². The van der Waals surface area contributed by atoms with Crippen LogP contribution >= 0.6 is 0 Å². The molecule has 2 atom stereocenters. The summed E-state index contributed by atoms with van der Waals surface area (Å²) >= 11 is 0. The molecule has 0 amide bonds. The molecule has 90 valence electrons. The maximum absolute atomic E-state index is 9.37. The first kappa shape index (κ1) is 12.9. The van der Waals surface area contributed by atoms with Crippen LogP contribution in [-0.4, -0.2) is 66.5 Å². The third-order valence-electron chi connectivity index (χ3n) is 2.45. The van der Waals surface area contributed by atoms with Gasteiger partial charge >= 0.3 is 0 Å². The van der Waals surface area contributed by atoms with E-state index in [1.165, 1.54) is 0 Å². The summed E-state index contributed by atoms with van der Waals surface area (Å²) in [6.07, 6.45) is -1.56. The maximum Gasteiger partial charge on any atom is 0.170 e. The van der Waals surface area contributed by atoms with Gasteiger partial charge in [0, 0.05) is 32.8 Å². The van der Waals surface area contributed by atoms with Gasteiger partial charge in [0.1, 0.15) is 0 Å². The molecule has 0 spiro atoms. The van der Waals surface area contributed by atoms with Crippen molar-refractivity contribution in [3.8, 4) is 0 Å². The predicted octanol–water partition coefficient (Wildman–Crippen LogP) is -0.577. The predicted molar refractivity (Wildman–Crippen MR) is 55.5 cm³/mol. The highest BCUT2D eigenvalue weighted by molar-refractivity contribution is 4.83. The van der Waals surface area contributed by atoms with Crippen LogP contribution in [0.3, 0.4) is 0 Å². The van der Waals surface area contributed by atoms with E-state index >= 15 is 0 Å². The Labute approximate surface area is 90.6 Å². The molecule has 0 radical (unpaired) electrons. The second-order valence-corrected chi connectivity index (χ2v) is 3.69. The van der Waals surface area contributed by atoms with Gasteiger partial charge in [-0.25, -0.2) is 0 Å². The number of hydrogen-bond donors (Lipinski definition) is 2. The molecule has 0 aromatic rings. The minimum Gasteiger partial charge on any atom is -0.389 e. The zero-order chi connectivity index (χ0) is 11.3. The number of ether oxygens (including phenoxy) is 2. The molecule has 0 aliphatic carbocycles.